The molecule has 3 rings (SSSR count). The topological polar surface area (TPSA) is 83.4 Å². The molecule has 2 aliphatic heterocycles. The third kappa shape index (κ3) is 3.29. The largest absolute Gasteiger partial charge is 0.480 e. The van der Waals surface area contributed by atoms with Crippen LogP contribution in [0.3, 0.4) is 0 Å². The van der Waals surface area contributed by atoms with Crippen LogP contribution >= 0.6 is 35.1 Å². The maximum atomic E-state index is 11.6. The normalized spacial score (nSPS) is 24.0. The lowest BCUT2D eigenvalue weighted by molar-refractivity contribution is -0.136. The van der Waals surface area contributed by atoms with E-state index in [0.717, 1.165) is 35.3 Å². The fourth-order valence-corrected chi connectivity index (χ4v) is 5.53. The first-order valence-electron chi connectivity index (χ1n) is 7.26. The van der Waals surface area contributed by atoms with E-state index in [1.165, 1.54) is 0 Å². The molecule has 6 nitrogen and oxygen atoms in total. The summed E-state index contributed by atoms with van der Waals surface area (Å²) in [4.78, 5) is 33.2. The Balaban J connectivity index is 1.83. The summed E-state index contributed by atoms with van der Waals surface area (Å²) in [6.45, 7) is 4.59. The molecule has 3 unspecified atom stereocenters. The van der Waals surface area contributed by atoms with Gasteiger partial charge in [0.05, 0.1) is 0 Å². The van der Waals surface area contributed by atoms with Crippen molar-refractivity contribution < 1.29 is 14.7 Å². The number of carboxylic acids is 1. The molecule has 3 atom stereocenters. The van der Waals surface area contributed by atoms with Gasteiger partial charge in [-0.2, -0.15) is 0 Å². The van der Waals surface area contributed by atoms with Crippen molar-refractivity contribution in [1.29, 1.82) is 0 Å². The van der Waals surface area contributed by atoms with Crippen LogP contribution in [0.25, 0.3) is 0 Å². The van der Waals surface area contributed by atoms with E-state index in [9.17, 15) is 9.59 Å². The zero-order valence-electron chi connectivity index (χ0n) is 12.7. The lowest BCUT2D eigenvalue weighted by Crippen LogP contribution is -2.42. The molecule has 0 aliphatic carbocycles. The van der Waals surface area contributed by atoms with E-state index in [0.29, 0.717) is 16.9 Å². The van der Waals surface area contributed by atoms with Crippen molar-refractivity contribution in [2.45, 2.75) is 46.9 Å². The number of likely N-dealkylation sites (tertiary alicyclic amines) is 1. The Morgan fingerprint density at radius 3 is 2.87 bits per heavy atom. The number of carboxylic acid groups (broad SMARTS) is 1. The summed E-state index contributed by atoms with van der Waals surface area (Å²) in [5, 5.41) is 10.2. The molecule has 3 heterocycles. The van der Waals surface area contributed by atoms with E-state index in [1.807, 2.05) is 4.90 Å². The highest BCUT2D eigenvalue weighted by Gasteiger charge is 2.41. The number of halogens is 1. The molecule has 1 N–H and O–H groups in total. The van der Waals surface area contributed by atoms with Gasteiger partial charge in [0.1, 0.15) is 15.4 Å². The maximum absolute atomic E-state index is 11.6. The Bertz CT molecular complexity index is 673. The van der Waals surface area contributed by atoms with Gasteiger partial charge in [-0.1, -0.05) is 23.4 Å². The number of carbonyl (C=O) groups excluding carboxylic acids is 1. The summed E-state index contributed by atoms with van der Waals surface area (Å²) in [7, 11) is 0. The third-order valence-corrected chi connectivity index (χ3v) is 6.66. The van der Waals surface area contributed by atoms with Crippen molar-refractivity contribution in [1.82, 2.24) is 14.9 Å². The van der Waals surface area contributed by atoms with Crippen molar-refractivity contribution in [3.63, 3.8) is 0 Å². The van der Waals surface area contributed by atoms with Crippen LogP contribution < -0.4 is 0 Å². The van der Waals surface area contributed by atoms with Gasteiger partial charge in [0, 0.05) is 36.7 Å². The zero-order chi connectivity index (χ0) is 16.7. The summed E-state index contributed by atoms with van der Waals surface area (Å²) in [5.41, 5.74) is 0.956. The molecular formula is C14H16ClN3O3S2. The summed E-state index contributed by atoms with van der Waals surface area (Å²) < 4.78 is 0. The molecule has 1 aromatic rings. The lowest BCUT2D eigenvalue weighted by atomic mass is 9.91. The van der Waals surface area contributed by atoms with Gasteiger partial charge in [-0.05, 0) is 13.3 Å². The second kappa shape index (κ2) is 6.49. The molecule has 23 heavy (non-hydrogen) atoms. The first kappa shape index (κ1) is 16.9. The van der Waals surface area contributed by atoms with Crippen molar-refractivity contribution in [2.24, 2.45) is 0 Å². The van der Waals surface area contributed by atoms with E-state index in [1.54, 1.807) is 25.6 Å². The number of nitrogens with zero attached hydrogens (tertiary/aromatic N) is 3. The quantitative estimate of drug-likeness (QED) is 0.495. The van der Waals surface area contributed by atoms with Gasteiger partial charge in [-0.15, -0.1) is 11.8 Å². The predicted molar refractivity (Wildman–Crippen MR) is 89.3 cm³/mol. The summed E-state index contributed by atoms with van der Waals surface area (Å²) in [6.07, 6.45) is 0.853. The molecule has 9 heteroatoms. The van der Waals surface area contributed by atoms with Gasteiger partial charge in [-0.3, -0.25) is 9.59 Å². The number of aromatic nitrogens is 2. The molecule has 0 saturated carbocycles. The standard InChI is InChI=1S/C14H16ClN3O3S2/c1-6(13(20)21)22-14-16-11(15)10-8-3-4-18(7(2)19)5-9(8)23-12(10)17-14/h6,8-9H,3-5H2,1-2H3,(H,20,21). The molecule has 1 aromatic heterocycles. The van der Waals surface area contributed by atoms with Gasteiger partial charge < -0.3 is 10.0 Å². The summed E-state index contributed by atoms with van der Waals surface area (Å²) in [5.74, 6) is -0.564. The second-order valence-corrected chi connectivity index (χ2v) is 8.52. The van der Waals surface area contributed by atoms with Gasteiger partial charge in [0.15, 0.2) is 5.16 Å². The molecular weight excluding hydrogens is 358 g/mol. The first-order chi connectivity index (χ1) is 10.9. The van der Waals surface area contributed by atoms with Crippen LogP contribution in [0.5, 0.6) is 0 Å². The summed E-state index contributed by atoms with van der Waals surface area (Å²) >= 11 is 9.05. The van der Waals surface area contributed by atoms with Crippen LogP contribution in [-0.4, -0.2) is 55.4 Å². The number of carbonyl (C=O) groups is 2. The minimum Gasteiger partial charge on any atom is -0.480 e. The summed E-state index contributed by atoms with van der Waals surface area (Å²) in [6, 6.07) is 0. The molecule has 1 saturated heterocycles. The SMILES string of the molecule is CC(=O)N1CCC2c3c(Cl)nc(SC(C)C(=O)O)nc3SC2C1. The van der Waals surface area contributed by atoms with Gasteiger partial charge in [0.25, 0.3) is 0 Å². The first-order valence-corrected chi connectivity index (χ1v) is 9.39. The molecule has 124 valence electrons. The zero-order valence-corrected chi connectivity index (χ0v) is 15.0. The predicted octanol–water partition coefficient (Wildman–Crippen LogP) is 2.51. The number of aliphatic carboxylic acids is 1. The van der Waals surface area contributed by atoms with E-state index < -0.39 is 11.2 Å². The number of fused-ring (bicyclic) bond motifs is 3. The Hall–Kier alpha value is -0.990. The Kier molecular flexibility index (Phi) is 4.75. The van der Waals surface area contributed by atoms with Gasteiger partial charge >= 0.3 is 5.97 Å². The number of piperidine rings is 1. The van der Waals surface area contributed by atoms with Crippen molar-refractivity contribution in [3.8, 4) is 0 Å². The molecule has 0 spiro atoms. The number of hydrogen-bond acceptors (Lipinski definition) is 6. The van der Waals surface area contributed by atoms with Crippen LogP contribution in [0, 0.1) is 0 Å². The monoisotopic (exact) mass is 373 g/mol. The number of hydrogen-bond donors (Lipinski definition) is 1. The maximum Gasteiger partial charge on any atom is 0.316 e. The van der Waals surface area contributed by atoms with Gasteiger partial charge in [0.2, 0.25) is 5.91 Å². The van der Waals surface area contributed by atoms with E-state index in [-0.39, 0.29) is 17.1 Å². The van der Waals surface area contributed by atoms with E-state index >= 15 is 0 Å². The van der Waals surface area contributed by atoms with E-state index in [2.05, 4.69) is 9.97 Å². The minimum atomic E-state index is -0.909. The molecule has 0 aromatic carbocycles. The van der Waals surface area contributed by atoms with Crippen molar-refractivity contribution >= 4 is 47.0 Å². The number of thioether (sulfide) groups is 2. The van der Waals surface area contributed by atoms with E-state index in [4.69, 9.17) is 16.7 Å². The third-order valence-electron chi connectivity index (χ3n) is 4.11. The van der Waals surface area contributed by atoms with Crippen LogP contribution in [0.4, 0.5) is 0 Å². The Labute approximate surface area is 147 Å². The minimum absolute atomic E-state index is 0.0868. The van der Waals surface area contributed by atoms with Crippen LogP contribution in [0.1, 0.15) is 31.7 Å². The second-order valence-electron chi connectivity index (χ2n) is 5.63. The van der Waals surface area contributed by atoms with Crippen LogP contribution in [0.15, 0.2) is 10.2 Å². The molecule has 1 amide bonds. The average Bonchev–Trinajstić information content (AvgIpc) is 2.84. The molecule has 0 bridgehead atoms. The highest BCUT2D eigenvalue weighted by Crippen LogP contribution is 2.50. The van der Waals surface area contributed by atoms with Crippen molar-refractivity contribution in [3.05, 3.63) is 10.7 Å². The van der Waals surface area contributed by atoms with Crippen LogP contribution in [-0.2, 0) is 9.59 Å². The molecule has 0 radical (unpaired) electrons. The molecule has 1 fully saturated rings. The highest BCUT2D eigenvalue weighted by molar-refractivity contribution is 8.01. The lowest BCUT2D eigenvalue weighted by Gasteiger charge is -2.33. The molecule has 2 aliphatic rings. The smallest absolute Gasteiger partial charge is 0.316 e. The average molecular weight is 374 g/mol. The highest BCUT2D eigenvalue weighted by atomic mass is 35.5. The Morgan fingerprint density at radius 2 is 2.22 bits per heavy atom. The fourth-order valence-electron chi connectivity index (χ4n) is 2.86. The fraction of sp³-hybridized carbons (Fsp3) is 0.571. The Morgan fingerprint density at radius 1 is 1.48 bits per heavy atom. The van der Waals surface area contributed by atoms with Gasteiger partial charge in [-0.25, -0.2) is 9.97 Å². The van der Waals surface area contributed by atoms with Crippen molar-refractivity contribution in [2.75, 3.05) is 13.1 Å². The number of rotatable bonds is 3. The van der Waals surface area contributed by atoms with Crippen LogP contribution in [0.2, 0.25) is 5.15 Å². The number of amides is 1.